The van der Waals surface area contributed by atoms with Crippen LogP contribution in [0.25, 0.3) is 10.9 Å². The summed E-state index contributed by atoms with van der Waals surface area (Å²) in [5, 5.41) is 19.4. The summed E-state index contributed by atoms with van der Waals surface area (Å²) in [6, 6.07) is 8.16. The lowest BCUT2D eigenvalue weighted by molar-refractivity contribution is 0.180. The predicted octanol–water partition coefficient (Wildman–Crippen LogP) is 3.90. The molecule has 0 fully saturated rings. The Balaban J connectivity index is 2.11. The third kappa shape index (κ3) is 3.59. The van der Waals surface area contributed by atoms with E-state index >= 15 is 0 Å². The predicted molar refractivity (Wildman–Crippen MR) is 79.9 cm³/mol. The van der Waals surface area contributed by atoms with Gasteiger partial charge in [-0.05, 0) is 44.4 Å². The van der Waals surface area contributed by atoms with Gasteiger partial charge >= 0.3 is 0 Å². The van der Waals surface area contributed by atoms with Gasteiger partial charge in [-0.1, -0.05) is 22.4 Å². The maximum Gasteiger partial charge on any atom is 0.101 e. The van der Waals surface area contributed by atoms with E-state index in [4.69, 9.17) is 5.26 Å². The number of aromatic amines is 1. The number of unbranched alkanes of at least 4 members (excludes halogenated alkanes) is 1. The number of aryl methyl sites for hydroxylation is 1. The molecule has 0 saturated heterocycles. The van der Waals surface area contributed by atoms with Crippen molar-refractivity contribution in [1.29, 1.82) is 5.26 Å². The van der Waals surface area contributed by atoms with E-state index in [2.05, 4.69) is 33.0 Å². The molecule has 1 aromatic carbocycles. The average Bonchev–Trinajstić information content (AvgIpc) is 2.76. The zero-order valence-corrected chi connectivity index (χ0v) is 12.5. The van der Waals surface area contributed by atoms with Gasteiger partial charge in [0, 0.05) is 15.6 Å². The topological polar surface area (TPSA) is 59.8 Å². The molecule has 100 valence electrons. The second-order valence-corrected chi connectivity index (χ2v) is 5.83. The second-order valence-electron chi connectivity index (χ2n) is 4.92. The molecule has 4 heteroatoms. The van der Waals surface area contributed by atoms with Gasteiger partial charge in [-0.2, -0.15) is 5.26 Å². The Hall–Kier alpha value is -1.31. The Kier molecular flexibility index (Phi) is 4.62. The van der Waals surface area contributed by atoms with Crippen LogP contribution in [0.15, 0.2) is 22.7 Å². The van der Waals surface area contributed by atoms with Crippen molar-refractivity contribution in [2.24, 2.45) is 0 Å². The molecule has 1 aromatic heterocycles. The van der Waals surface area contributed by atoms with Crippen molar-refractivity contribution in [1.82, 2.24) is 4.98 Å². The summed E-state index contributed by atoms with van der Waals surface area (Å²) >= 11 is 3.42. The highest BCUT2D eigenvalue weighted by atomic mass is 79.9. The molecule has 19 heavy (non-hydrogen) atoms. The number of rotatable bonds is 5. The van der Waals surface area contributed by atoms with Crippen LogP contribution in [-0.4, -0.2) is 16.2 Å². The maximum atomic E-state index is 9.21. The summed E-state index contributed by atoms with van der Waals surface area (Å²) in [7, 11) is 0. The van der Waals surface area contributed by atoms with Crippen molar-refractivity contribution >= 4 is 26.8 Å². The number of nitrogens with zero attached hydrogens (tertiary/aromatic N) is 1. The molecule has 2 aromatic rings. The summed E-state index contributed by atoms with van der Waals surface area (Å²) in [6.07, 6.45) is 3.63. The Morgan fingerprint density at radius 2 is 2.16 bits per heavy atom. The van der Waals surface area contributed by atoms with Crippen LogP contribution in [0.2, 0.25) is 0 Å². The number of nitriles is 1. The number of aliphatic hydroxyl groups excluding tert-OH is 1. The number of hydrogen-bond donors (Lipinski definition) is 2. The minimum Gasteiger partial charge on any atom is -0.393 e. The highest BCUT2D eigenvalue weighted by molar-refractivity contribution is 9.10. The number of aliphatic hydroxyl groups is 1. The molecule has 0 bridgehead atoms. The smallest absolute Gasteiger partial charge is 0.101 e. The lowest BCUT2D eigenvalue weighted by atomic mass is 10.1. The van der Waals surface area contributed by atoms with Gasteiger partial charge in [-0.3, -0.25) is 0 Å². The highest BCUT2D eigenvalue weighted by Crippen LogP contribution is 2.25. The fraction of sp³-hybridized carbons (Fsp3) is 0.400. The fourth-order valence-corrected chi connectivity index (χ4v) is 2.72. The number of benzene rings is 1. The molecule has 1 atom stereocenters. The van der Waals surface area contributed by atoms with Gasteiger partial charge in [-0.25, -0.2) is 0 Å². The molecule has 0 aliphatic rings. The number of aromatic nitrogens is 1. The van der Waals surface area contributed by atoms with E-state index in [-0.39, 0.29) is 6.10 Å². The third-order valence-corrected chi connectivity index (χ3v) is 3.65. The zero-order valence-electron chi connectivity index (χ0n) is 10.9. The monoisotopic (exact) mass is 320 g/mol. The first kappa shape index (κ1) is 14.1. The standard InChI is InChI=1S/C15H17BrN2O/c1-10(19)4-2-3-5-14-8-11-6-13(16)7-12(9-17)15(11)18-14/h6-8,10,18-19H,2-5H2,1H3. The van der Waals surface area contributed by atoms with Crippen LogP contribution in [0.5, 0.6) is 0 Å². The SMILES string of the molecule is CC(O)CCCCc1cc2cc(Br)cc(C#N)c2[nH]1. The summed E-state index contributed by atoms with van der Waals surface area (Å²) in [5.41, 5.74) is 2.73. The number of hydrogen-bond acceptors (Lipinski definition) is 2. The van der Waals surface area contributed by atoms with Crippen LogP contribution in [0.4, 0.5) is 0 Å². The van der Waals surface area contributed by atoms with Crippen molar-refractivity contribution in [3.63, 3.8) is 0 Å². The number of H-pyrrole nitrogens is 1. The van der Waals surface area contributed by atoms with E-state index in [1.807, 2.05) is 19.1 Å². The molecule has 3 nitrogen and oxygen atoms in total. The first-order valence-electron chi connectivity index (χ1n) is 6.49. The highest BCUT2D eigenvalue weighted by Gasteiger charge is 2.07. The summed E-state index contributed by atoms with van der Waals surface area (Å²) in [5.74, 6) is 0. The first-order chi connectivity index (χ1) is 9.10. The Bertz CT molecular complexity index is 610. The van der Waals surface area contributed by atoms with Gasteiger partial charge in [-0.15, -0.1) is 0 Å². The minimum absolute atomic E-state index is 0.219. The molecule has 0 radical (unpaired) electrons. The Morgan fingerprint density at radius 1 is 1.37 bits per heavy atom. The van der Waals surface area contributed by atoms with Crippen LogP contribution < -0.4 is 0 Å². The first-order valence-corrected chi connectivity index (χ1v) is 7.28. The Labute approximate surface area is 121 Å². The molecule has 2 rings (SSSR count). The third-order valence-electron chi connectivity index (χ3n) is 3.19. The van der Waals surface area contributed by atoms with Crippen LogP contribution in [0.3, 0.4) is 0 Å². The van der Waals surface area contributed by atoms with Gasteiger partial charge in [0.15, 0.2) is 0 Å². The number of fused-ring (bicyclic) bond motifs is 1. The van der Waals surface area contributed by atoms with Gasteiger partial charge in [0.05, 0.1) is 17.2 Å². The number of nitrogens with one attached hydrogen (secondary N) is 1. The molecule has 1 heterocycles. The summed E-state index contributed by atoms with van der Waals surface area (Å²) < 4.78 is 0.927. The van der Waals surface area contributed by atoms with Crippen LogP contribution in [0.1, 0.15) is 37.4 Å². The van der Waals surface area contributed by atoms with E-state index in [1.165, 1.54) is 0 Å². The van der Waals surface area contributed by atoms with Crippen LogP contribution in [-0.2, 0) is 6.42 Å². The van der Waals surface area contributed by atoms with Crippen LogP contribution >= 0.6 is 15.9 Å². The lowest BCUT2D eigenvalue weighted by Crippen LogP contribution is -1.99. The zero-order chi connectivity index (χ0) is 13.8. The summed E-state index contributed by atoms with van der Waals surface area (Å²) in [4.78, 5) is 3.32. The molecule has 0 aliphatic carbocycles. The van der Waals surface area contributed by atoms with Crippen molar-refractivity contribution in [2.75, 3.05) is 0 Å². The molecule has 1 unspecified atom stereocenters. The molecular weight excluding hydrogens is 304 g/mol. The molecule has 0 saturated carbocycles. The molecule has 0 amide bonds. The maximum absolute atomic E-state index is 9.21. The minimum atomic E-state index is -0.219. The molecule has 0 spiro atoms. The molecule has 2 N–H and O–H groups in total. The van der Waals surface area contributed by atoms with E-state index in [0.29, 0.717) is 5.56 Å². The van der Waals surface area contributed by atoms with Crippen LogP contribution in [0, 0.1) is 11.3 Å². The van der Waals surface area contributed by atoms with E-state index < -0.39 is 0 Å². The van der Waals surface area contributed by atoms with Gasteiger partial charge in [0.1, 0.15) is 6.07 Å². The average molecular weight is 321 g/mol. The van der Waals surface area contributed by atoms with Crippen molar-refractivity contribution in [3.05, 3.63) is 33.9 Å². The largest absolute Gasteiger partial charge is 0.393 e. The molecular formula is C15H17BrN2O. The quantitative estimate of drug-likeness (QED) is 0.821. The van der Waals surface area contributed by atoms with Gasteiger partial charge in [0.25, 0.3) is 0 Å². The van der Waals surface area contributed by atoms with Gasteiger partial charge < -0.3 is 10.1 Å². The second kappa shape index (κ2) is 6.23. The van der Waals surface area contributed by atoms with Crippen molar-refractivity contribution < 1.29 is 5.11 Å². The summed E-state index contributed by atoms with van der Waals surface area (Å²) in [6.45, 7) is 1.82. The van der Waals surface area contributed by atoms with E-state index in [0.717, 1.165) is 46.8 Å². The van der Waals surface area contributed by atoms with E-state index in [1.54, 1.807) is 0 Å². The number of halogens is 1. The van der Waals surface area contributed by atoms with Crippen molar-refractivity contribution in [2.45, 2.75) is 38.7 Å². The van der Waals surface area contributed by atoms with Gasteiger partial charge in [0.2, 0.25) is 0 Å². The normalized spacial score (nSPS) is 12.5. The van der Waals surface area contributed by atoms with Crippen molar-refractivity contribution in [3.8, 4) is 6.07 Å². The van der Waals surface area contributed by atoms with E-state index in [9.17, 15) is 5.11 Å². The Morgan fingerprint density at radius 3 is 2.84 bits per heavy atom. The fourth-order valence-electron chi connectivity index (χ4n) is 2.24. The molecule has 0 aliphatic heterocycles. The lowest BCUT2D eigenvalue weighted by Gasteiger charge is -2.02.